The van der Waals surface area contributed by atoms with Crippen LogP contribution >= 0.6 is 11.6 Å². The highest BCUT2D eigenvalue weighted by molar-refractivity contribution is 6.20. The Morgan fingerprint density at radius 2 is 2.12 bits per heavy atom. The average molecular weight is 239 g/mol. The van der Waals surface area contributed by atoms with Crippen molar-refractivity contribution in [3.63, 3.8) is 0 Å². The van der Waals surface area contributed by atoms with E-state index in [1.807, 2.05) is 0 Å². The summed E-state index contributed by atoms with van der Waals surface area (Å²) in [7, 11) is 0. The molecule has 0 radical (unpaired) electrons. The van der Waals surface area contributed by atoms with Gasteiger partial charge in [-0.2, -0.15) is 0 Å². The van der Waals surface area contributed by atoms with Crippen LogP contribution in [0.3, 0.4) is 0 Å². The van der Waals surface area contributed by atoms with Gasteiger partial charge in [0, 0.05) is 6.42 Å². The summed E-state index contributed by atoms with van der Waals surface area (Å²) >= 11 is 6.41. The third-order valence-electron chi connectivity index (χ3n) is 3.07. The third-order valence-corrected chi connectivity index (χ3v) is 3.54. The van der Waals surface area contributed by atoms with Gasteiger partial charge in [-0.25, -0.2) is 0 Å². The Balaban J connectivity index is 2.03. The molecule has 0 amide bonds. The van der Waals surface area contributed by atoms with Crippen LogP contribution in [-0.4, -0.2) is 6.61 Å². The lowest BCUT2D eigenvalue weighted by molar-refractivity contribution is 0.357. The van der Waals surface area contributed by atoms with Gasteiger partial charge < -0.3 is 4.74 Å². The van der Waals surface area contributed by atoms with E-state index in [0.717, 1.165) is 31.1 Å². The molecule has 88 valence electrons. The Morgan fingerprint density at radius 1 is 1.31 bits per heavy atom. The molecular formula is C14H19ClO. The highest BCUT2D eigenvalue weighted by Gasteiger charge is 2.15. The van der Waals surface area contributed by atoms with Gasteiger partial charge in [0.2, 0.25) is 0 Å². The topological polar surface area (TPSA) is 9.23 Å². The number of benzene rings is 1. The molecule has 0 aromatic heterocycles. The van der Waals surface area contributed by atoms with E-state index in [0.29, 0.717) is 0 Å². The van der Waals surface area contributed by atoms with E-state index in [4.69, 9.17) is 16.3 Å². The second-order valence-corrected chi connectivity index (χ2v) is 5.43. The number of alkyl halides is 1. The van der Waals surface area contributed by atoms with Crippen LogP contribution in [0.2, 0.25) is 0 Å². The standard InChI is InChI=1S/C14H19ClO/c1-10(2)3-5-13(15)11-4-6-14-12(9-11)7-8-16-14/h4,6,9-10,13H,3,5,7-8H2,1-2H3. The van der Waals surface area contributed by atoms with Gasteiger partial charge in [-0.3, -0.25) is 0 Å². The van der Waals surface area contributed by atoms with E-state index < -0.39 is 0 Å². The van der Waals surface area contributed by atoms with Crippen molar-refractivity contribution in [2.24, 2.45) is 5.92 Å². The van der Waals surface area contributed by atoms with Crippen molar-refractivity contribution in [1.29, 1.82) is 0 Å². The maximum Gasteiger partial charge on any atom is 0.122 e. The lowest BCUT2D eigenvalue weighted by atomic mass is 10.00. The van der Waals surface area contributed by atoms with Crippen molar-refractivity contribution < 1.29 is 4.74 Å². The fraction of sp³-hybridized carbons (Fsp3) is 0.571. The molecule has 0 saturated carbocycles. The normalized spacial score (nSPS) is 16.0. The van der Waals surface area contributed by atoms with Crippen molar-refractivity contribution in [2.75, 3.05) is 6.61 Å². The maximum absolute atomic E-state index is 6.41. The monoisotopic (exact) mass is 238 g/mol. The minimum atomic E-state index is 0.147. The van der Waals surface area contributed by atoms with Crippen LogP contribution < -0.4 is 4.74 Å². The van der Waals surface area contributed by atoms with Crippen LogP contribution in [0.4, 0.5) is 0 Å². The molecule has 0 bridgehead atoms. The van der Waals surface area contributed by atoms with Crippen molar-refractivity contribution in [2.45, 2.75) is 38.5 Å². The molecule has 1 heterocycles. The van der Waals surface area contributed by atoms with Gasteiger partial charge in [-0.1, -0.05) is 26.0 Å². The van der Waals surface area contributed by atoms with Crippen LogP contribution in [0.15, 0.2) is 18.2 Å². The second-order valence-electron chi connectivity index (χ2n) is 4.90. The fourth-order valence-corrected chi connectivity index (χ4v) is 2.31. The predicted octanol–water partition coefficient (Wildman–Crippen LogP) is 4.34. The molecular weight excluding hydrogens is 220 g/mol. The van der Waals surface area contributed by atoms with E-state index in [-0.39, 0.29) is 5.38 Å². The van der Waals surface area contributed by atoms with Crippen molar-refractivity contribution in [1.82, 2.24) is 0 Å². The predicted molar refractivity (Wildman–Crippen MR) is 68.3 cm³/mol. The Hall–Kier alpha value is -0.690. The molecule has 1 aromatic carbocycles. The maximum atomic E-state index is 6.41. The van der Waals surface area contributed by atoms with E-state index in [1.165, 1.54) is 17.5 Å². The first-order chi connectivity index (χ1) is 7.66. The summed E-state index contributed by atoms with van der Waals surface area (Å²) in [5.41, 5.74) is 2.55. The molecule has 0 saturated heterocycles. The summed E-state index contributed by atoms with van der Waals surface area (Å²) < 4.78 is 5.49. The number of ether oxygens (including phenoxy) is 1. The van der Waals surface area contributed by atoms with E-state index in [1.54, 1.807) is 0 Å². The molecule has 1 aliphatic heterocycles. The highest BCUT2D eigenvalue weighted by atomic mass is 35.5. The second kappa shape index (κ2) is 5.09. The van der Waals surface area contributed by atoms with Gasteiger partial charge in [-0.05, 0) is 36.0 Å². The first-order valence-corrected chi connectivity index (χ1v) is 6.50. The van der Waals surface area contributed by atoms with Gasteiger partial charge in [0.15, 0.2) is 0 Å². The molecule has 1 atom stereocenters. The fourth-order valence-electron chi connectivity index (χ4n) is 2.05. The minimum absolute atomic E-state index is 0.147. The first kappa shape index (κ1) is 11.8. The Kier molecular flexibility index (Phi) is 3.75. The summed E-state index contributed by atoms with van der Waals surface area (Å²) in [4.78, 5) is 0. The van der Waals surface area contributed by atoms with Gasteiger partial charge in [-0.15, -0.1) is 11.6 Å². The Morgan fingerprint density at radius 3 is 2.88 bits per heavy atom. The zero-order chi connectivity index (χ0) is 11.5. The van der Waals surface area contributed by atoms with E-state index in [9.17, 15) is 0 Å². The van der Waals surface area contributed by atoms with Crippen LogP contribution in [0.5, 0.6) is 5.75 Å². The summed E-state index contributed by atoms with van der Waals surface area (Å²) in [6.07, 6.45) is 3.26. The number of hydrogen-bond donors (Lipinski definition) is 0. The molecule has 2 rings (SSSR count). The summed E-state index contributed by atoms with van der Waals surface area (Å²) in [6.45, 7) is 5.29. The zero-order valence-electron chi connectivity index (χ0n) is 10.0. The number of fused-ring (bicyclic) bond motifs is 1. The van der Waals surface area contributed by atoms with Crippen molar-refractivity contribution >= 4 is 11.6 Å². The van der Waals surface area contributed by atoms with Gasteiger partial charge >= 0.3 is 0 Å². The van der Waals surface area contributed by atoms with E-state index >= 15 is 0 Å². The summed E-state index contributed by atoms with van der Waals surface area (Å²) in [6, 6.07) is 6.37. The van der Waals surface area contributed by atoms with Crippen molar-refractivity contribution in [3.8, 4) is 5.75 Å². The van der Waals surface area contributed by atoms with Gasteiger partial charge in [0.25, 0.3) is 0 Å². The van der Waals surface area contributed by atoms with Crippen LogP contribution in [0.25, 0.3) is 0 Å². The zero-order valence-corrected chi connectivity index (χ0v) is 10.8. The third kappa shape index (κ3) is 2.70. The molecule has 16 heavy (non-hydrogen) atoms. The molecule has 1 aromatic rings. The number of halogens is 1. The molecule has 1 nitrogen and oxygen atoms in total. The van der Waals surface area contributed by atoms with Gasteiger partial charge in [0.1, 0.15) is 5.75 Å². The Labute approximate surface area is 103 Å². The van der Waals surface area contributed by atoms with Crippen LogP contribution in [-0.2, 0) is 6.42 Å². The first-order valence-electron chi connectivity index (χ1n) is 6.06. The smallest absolute Gasteiger partial charge is 0.122 e. The summed E-state index contributed by atoms with van der Waals surface area (Å²) in [5.74, 6) is 1.76. The lowest BCUT2D eigenvalue weighted by Crippen LogP contribution is -1.95. The molecule has 0 aliphatic carbocycles. The number of hydrogen-bond acceptors (Lipinski definition) is 1. The summed E-state index contributed by atoms with van der Waals surface area (Å²) in [5, 5.41) is 0.147. The van der Waals surface area contributed by atoms with E-state index in [2.05, 4.69) is 32.0 Å². The van der Waals surface area contributed by atoms with Crippen LogP contribution in [0.1, 0.15) is 43.2 Å². The highest BCUT2D eigenvalue weighted by Crippen LogP contribution is 2.33. The SMILES string of the molecule is CC(C)CCC(Cl)c1ccc2c(c1)CCO2. The molecule has 0 spiro atoms. The van der Waals surface area contributed by atoms with Crippen LogP contribution in [0, 0.1) is 5.92 Å². The molecule has 2 heteroatoms. The van der Waals surface area contributed by atoms with Gasteiger partial charge in [0.05, 0.1) is 12.0 Å². The Bertz CT molecular complexity index is 360. The molecule has 0 fully saturated rings. The minimum Gasteiger partial charge on any atom is -0.493 e. The average Bonchev–Trinajstić information content (AvgIpc) is 2.72. The molecule has 1 unspecified atom stereocenters. The quantitative estimate of drug-likeness (QED) is 0.710. The number of rotatable bonds is 4. The lowest BCUT2D eigenvalue weighted by Gasteiger charge is -2.12. The molecule has 1 aliphatic rings. The molecule has 0 N–H and O–H groups in total. The largest absolute Gasteiger partial charge is 0.493 e. The van der Waals surface area contributed by atoms with Crippen molar-refractivity contribution in [3.05, 3.63) is 29.3 Å².